The van der Waals surface area contributed by atoms with E-state index in [0.717, 1.165) is 12.1 Å². The molecule has 0 aliphatic rings. The first-order chi connectivity index (χ1) is 8.69. The van der Waals surface area contributed by atoms with E-state index in [2.05, 4.69) is 15.9 Å². The van der Waals surface area contributed by atoms with Crippen LogP contribution in [0.15, 0.2) is 21.5 Å². The summed E-state index contributed by atoms with van der Waals surface area (Å²) in [6.45, 7) is 3.58. The number of sulfone groups is 1. The quantitative estimate of drug-likeness (QED) is 0.883. The summed E-state index contributed by atoms with van der Waals surface area (Å²) in [6.07, 6.45) is 0.640. The smallest absolute Gasteiger partial charge is 0.338 e. The molecule has 0 aromatic heterocycles. The highest BCUT2D eigenvalue weighted by Gasteiger charge is 2.26. The third-order valence-electron chi connectivity index (χ3n) is 2.77. The summed E-state index contributed by atoms with van der Waals surface area (Å²) in [5, 5.41) is 8.85. The molecule has 0 saturated carbocycles. The minimum absolute atomic E-state index is 0.128. The Balaban J connectivity index is 3.39. The van der Waals surface area contributed by atoms with Gasteiger partial charge in [0.25, 0.3) is 0 Å². The fourth-order valence-corrected chi connectivity index (χ4v) is 3.99. The zero-order valence-corrected chi connectivity index (χ0v) is 12.9. The van der Waals surface area contributed by atoms with Gasteiger partial charge in [0, 0.05) is 4.47 Å². The van der Waals surface area contributed by atoms with Crippen LogP contribution in [0.1, 0.15) is 30.6 Å². The molecule has 1 unspecified atom stereocenters. The largest absolute Gasteiger partial charge is 0.478 e. The predicted octanol–water partition coefficient (Wildman–Crippen LogP) is 3.11. The highest BCUT2D eigenvalue weighted by atomic mass is 79.9. The van der Waals surface area contributed by atoms with Crippen molar-refractivity contribution in [1.29, 1.82) is 0 Å². The van der Waals surface area contributed by atoms with Crippen LogP contribution in [0.25, 0.3) is 0 Å². The van der Waals surface area contributed by atoms with Crippen LogP contribution < -0.4 is 0 Å². The summed E-state index contributed by atoms with van der Waals surface area (Å²) in [5.41, 5.74) is -0.655. The normalized spacial score (nSPS) is 13.3. The molecule has 0 amide bonds. The lowest BCUT2D eigenvalue weighted by Crippen LogP contribution is -2.16. The van der Waals surface area contributed by atoms with Crippen LogP contribution in [0.2, 0.25) is 0 Å². The van der Waals surface area contributed by atoms with Crippen molar-refractivity contribution < 1.29 is 22.7 Å². The Kier molecular flexibility index (Phi) is 5.09. The fourth-order valence-electron chi connectivity index (χ4n) is 1.53. The van der Waals surface area contributed by atoms with Crippen LogP contribution in [-0.4, -0.2) is 25.2 Å². The number of halogens is 2. The Bertz CT molecular complexity index is 598. The number of hydrogen-bond acceptors (Lipinski definition) is 3. The zero-order valence-electron chi connectivity index (χ0n) is 10.5. The fraction of sp³-hybridized carbons (Fsp3) is 0.417. The minimum Gasteiger partial charge on any atom is -0.478 e. The SMILES string of the molecule is CCC(C)CS(=O)(=O)c1cc(Br)cc(C(=O)O)c1F. The molecule has 0 spiro atoms. The molecule has 1 N–H and O–H groups in total. The molecule has 4 nitrogen and oxygen atoms in total. The van der Waals surface area contributed by atoms with Crippen molar-refractivity contribution in [3.63, 3.8) is 0 Å². The molecule has 0 heterocycles. The molecule has 19 heavy (non-hydrogen) atoms. The predicted molar refractivity (Wildman–Crippen MR) is 72.6 cm³/mol. The first-order valence-corrected chi connectivity index (χ1v) is 8.08. The van der Waals surface area contributed by atoms with Gasteiger partial charge in [-0.15, -0.1) is 0 Å². The molecular weight excluding hydrogens is 339 g/mol. The molecule has 1 atom stereocenters. The highest BCUT2D eigenvalue weighted by molar-refractivity contribution is 9.10. The molecule has 0 radical (unpaired) electrons. The second-order valence-corrected chi connectivity index (χ2v) is 7.28. The van der Waals surface area contributed by atoms with Gasteiger partial charge in [-0.2, -0.15) is 0 Å². The number of aromatic carboxylic acids is 1. The molecular formula is C12H14BrFO4S. The van der Waals surface area contributed by atoms with Crippen molar-refractivity contribution in [3.8, 4) is 0 Å². The summed E-state index contributed by atoms with van der Waals surface area (Å²) in [7, 11) is -3.85. The zero-order chi connectivity index (χ0) is 14.8. The van der Waals surface area contributed by atoms with Crippen molar-refractivity contribution in [1.82, 2.24) is 0 Å². The van der Waals surface area contributed by atoms with E-state index in [1.54, 1.807) is 6.92 Å². The Morgan fingerprint density at radius 1 is 1.47 bits per heavy atom. The molecule has 0 bridgehead atoms. The van der Waals surface area contributed by atoms with Gasteiger partial charge < -0.3 is 5.11 Å². The van der Waals surface area contributed by atoms with E-state index in [1.165, 1.54) is 0 Å². The van der Waals surface area contributed by atoms with Gasteiger partial charge in [0.1, 0.15) is 4.90 Å². The summed E-state index contributed by atoms with van der Waals surface area (Å²) in [4.78, 5) is 10.3. The monoisotopic (exact) mass is 352 g/mol. The molecule has 106 valence electrons. The summed E-state index contributed by atoms with van der Waals surface area (Å²) >= 11 is 3.00. The van der Waals surface area contributed by atoms with Gasteiger partial charge in [0.05, 0.1) is 11.3 Å². The van der Waals surface area contributed by atoms with Gasteiger partial charge in [0.2, 0.25) is 0 Å². The van der Waals surface area contributed by atoms with Gasteiger partial charge in [-0.25, -0.2) is 17.6 Å². The Morgan fingerprint density at radius 3 is 2.53 bits per heavy atom. The van der Waals surface area contributed by atoms with E-state index in [4.69, 9.17) is 5.11 Å². The van der Waals surface area contributed by atoms with E-state index in [1.807, 2.05) is 6.92 Å². The van der Waals surface area contributed by atoms with Crippen molar-refractivity contribution in [2.45, 2.75) is 25.2 Å². The Labute approximate surface area is 119 Å². The van der Waals surface area contributed by atoms with E-state index >= 15 is 0 Å². The van der Waals surface area contributed by atoms with Crippen LogP contribution in [0.3, 0.4) is 0 Å². The average molecular weight is 353 g/mol. The van der Waals surface area contributed by atoms with Crippen LogP contribution in [0.4, 0.5) is 4.39 Å². The van der Waals surface area contributed by atoms with Crippen LogP contribution in [0, 0.1) is 11.7 Å². The number of benzene rings is 1. The lowest BCUT2D eigenvalue weighted by atomic mass is 10.2. The summed E-state index contributed by atoms with van der Waals surface area (Å²) < 4.78 is 38.4. The van der Waals surface area contributed by atoms with Crippen LogP contribution >= 0.6 is 15.9 Å². The number of carboxylic acids is 1. The topological polar surface area (TPSA) is 71.4 Å². The maximum atomic E-state index is 14.0. The second kappa shape index (κ2) is 6.00. The molecule has 7 heteroatoms. The molecule has 0 aliphatic carbocycles. The minimum atomic E-state index is -3.85. The van der Waals surface area contributed by atoms with Gasteiger partial charge in [-0.1, -0.05) is 36.2 Å². The molecule has 1 rings (SSSR count). The van der Waals surface area contributed by atoms with Crippen molar-refractivity contribution >= 4 is 31.7 Å². The van der Waals surface area contributed by atoms with Crippen molar-refractivity contribution in [2.75, 3.05) is 5.75 Å². The van der Waals surface area contributed by atoms with Gasteiger partial charge >= 0.3 is 5.97 Å². The molecule has 1 aromatic carbocycles. The second-order valence-electron chi connectivity index (χ2n) is 4.37. The van der Waals surface area contributed by atoms with E-state index in [0.29, 0.717) is 6.42 Å². The number of hydrogen-bond donors (Lipinski definition) is 1. The Hall–Kier alpha value is -0.950. The maximum Gasteiger partial charge on any atom is 0.338 e. The average Bonchev–Trinajstić information content (AvgIpc) is 2.30. The first kappa shape index (κ1) is 16.1. The first-order valence-electron chi connectivity index (χ1n) is 5.64. The molecule has 0 fully saturated rings. The Morgan fingerprint density at radius 2 is 2.05 bits per heavy atom. The summed E-state index contributed by atoms with van der Waals surface area (Å²) in [5.74, 6) is -3.05. The summed E-state index contributed by atoms with van der Waals surface area (Å²) in [6, 6.07) is 2.14. The van der Waals surface area contributed by atoms with E-state index in [-0.39, 0.29) is 16.1 Å². The maximum absolute atomic E-state index is 14.0. The van der Waals surface area contributed by atoms with Gasteiger partial charge in [-0.05, 0) is 18.1 Å². The third-order valence-corrected chi connectivity index (χ3v) is 5.20. The molecule has 1 aromatic rings. The molecule has 0 saturated heterocycles. The van der Waals surface area contributed by atoms with E-state index < -0.39 is 32.1 Å². The lowest BCUT2D eigenvalue weighted by Gasteiger charge is -2.12. The highest BCUT2D eigenvalue weighted by Crippen LogP contribution is 2.26. The third kappa shape index (κ3) is 3.76. The van der Waals surface area contributed by atoms with E-state index in [9.17, 15) is 17.6 Å². The number of rotatable bonds is 5. The molecule has 0 aliphatic heterocycles. The van der Waals surface area contributed by atoms with Crippen molar-refractivity contribution in [2.24, 2.45) is 5.92 Å². The standard InChI is InChI=1S/C12H14BrFO4S/c1-3-7(2)6-19(17,18)10-5-8(13)4-9(11(10)14)12(15)16/h4-5,7H,3,6H2,1-2H3,(H,15,16). The van der Waals surface area contributed by atoms with Crippen LogP contribution in [-0.2, 0) is 9.84 Å². The number of carboxylic acid groups (broad SMARTS) is 1. The van der Waals surface area contributed by atoms with Crippen molar-refractivity contribution in [3.05, 3.63) is 28.0 Å². The number of carbonyl (C=O) groups is 1. The lowest BCUT2D eigenvalue weighted by molar-refractivity contribution is 0.0691. The van der Waals surface area contributed by atoms with Gasteiger partial charge in [-0.3, -0.25) is 0 Å². The van der Waals surface area contributed by atoms with Crippen LogP contribution in [0.5, 0.6) is 0 Å². The van der Waals surface area contributed by atoms with Gasteiger partial charge in [0.15, 0.2) is 15.7 Å².